The highest BCUT2D eigenvalue weighted by molar-refractivity contribution is 5.96. The van der Waals surface area contributed by atoms with E-state index in [0.717, 1.165) is 31.9 Å². The number of hydrogen-bond donors (Lipinski definition) is 3. The summed E-state index contributed by atoms with van der Waals surface area (Å²) in [6.45, 7) is 6.27. The zero-order chi connectivity index (χ0) is 24.8. The summed E-state index contributed by atoms with van der Waals surface area (Å²) >= 11 is 0. The number of nitrogens with one attached hydrogen (secondary N) is 3. The summed E-state index contributed by atoms with van der Waals surface area (Å²) in [5, 5.41) is 6.64. The maximum Gasteiger partial charge on any atom is 0.419 e. The summed E-state index contributed by atoms with van der Waals surface area (Å²) < 4.78 is 41.9. The molecule has 10 heteroatoms. The van der Waals surface area contributed by atoms with E-state index in [0.29, 0.717) is 55.2 Å². The van der Waals surface area contributed by atoms with Crippen LogP contribution in [-0.2, 0) is 12.6 Å². The van der Waals surface area contributed by atoms with Gasteiger partial charge in [-0.15, -0.1) is 0 Å². The van der Waals surface area contributed by atoms with Crippen LogP contribution in [0.1, 0.15) is 74.0 Å². The summed E-state index contributed by atoms with van der Waals surface area (Å²) in [6.07, 6.45) is 4.23. The fourth-order valence-corrected chi connectivity index (χ4v) is 5.28. The van der Waals surface area contributed by atoms with E-state index in [4.69, 9.17) is 0 Å². The molecule has 2 aliphatic heterocycles. The lowest BCUT2D eigenvalue weighted by molar-refractivity contribution is -0.137. The smallest absolute Gasteiger partial charge is 0.356 e. The Labute approximate surface area is 203 Å². The lowest BCUT2D eigenvalue weighted by Gasteiger charge is -2.36. The summed E-state index contributed by atoms with van der Waals surface area (Å²) in [5.74, 6) is 0.565. The van der Waals surface area contributed by atoms with Crippen molar-refractivity contribution in [1.29, 1.82) is 0 Å². The molecule has 0 radical (unpaired) electrons. The number of carbonyl (C=O) groups excluding carboxylic acids is 1. The van der Waals surface area contributed by atoms with Crippen LogP contribution in [-0.4, -0.2) is 57.0 Å². The standard InChI is InChI=1S/C25H33F3N6O/c1-24(2)9-8-16(11-31-24)32-23-30-13-19(25(26,27)28)20(33-23)18-12-29-21-17(18)7-4-10-34(22(21)35)14-15-5-3-6-15/h12-13,15-16,29,31H,3-11,14H2,1-2H3,(H,30,32,33)/t16-/m0/s1. The van der Waals surface area contributed by atoms with Crippen LogP contribution in [0.15, 0.2) is 12.4 Å². The summed E-state index contributed by atoms with van der Waals surface area (Å²) in [6, 6.07) is 0.0255. The largest absolute Gasteiger partial charge is 0.419 e. The highest BCUT2D eigenvalue weighted by atomic mass is 19.4. The third kappa shape index (κ3) is 5.03. The number of alkyl halides is 3. The van der Waals surface area contributed by atoms with Crippen LogP contribution >= 0.6 is 0 Å². The molecule has 190 valence electrons. The number of H-pyrrole nitrogens is 1. The molecule has 1 aliphatic carbocycles. The van der Waals surface area contributed by atoms with E-state index < -0.39 is 11.7 Å². The molecule has 7 nitrogen and oxygen atoms in total. The SMILES string of the molecule is CC1(C)CC[C@H](Nc2ncc(C(F)(F)F)c(-c3c[nH]c4c3CCCN(CC3CCC3)C4=O)n2)CN1. The Bertz CT molecular complexity index is 1080. The quantitative estimate of drug-likeness (QED) is 0.570. The second-order valence-electron chi connectivity index (χ2n) is 10.8. The molecule has 1 atom stereocenters. The number of piperidine rings is 1. The van der Waals surface area contributed by atoms with E-state index in [2.05, 4.69) is 39.4 Å². The first-order chi connectivity index (χ1) is 16.6. The second kappa shape index (κ2) is 9.11. The lowest BCUT2D eigenvalue weighted by Crippen LogP contribution is -2.50. The Morgan fingerprint density at radius 2 is 2.03 bits per heavy atom. The van der Waals surface area contributed by atoms with Crippen molar-refractivity contribution in [2.45, 2.75) is 76.6 Å². The molecule has 35 heavy (non-hydrogen) atoms. The van der Waals surface area contributed by atoms with Gasteiger partial charge in [-0.1, -0.05) is 6.42 Å². The number of aromatic nitrogens is 3. The Morgan fingerprint density at radius 3 is 2.69 bits per heavy atom. The fourth-order valence-electron chi connectivity index (χ4n) is 5.28. The number of aromatic amines is 1. The minimum absolute atomic E-state index is 0.0255. The molecule has 1 saturated heterocycles. The van der Waals surface area contributed by atoms with Gasteiger partial charge in [-0.05, 0) is 63.9 Å². The van der Waals surface area contributed by atoms with Crippen molar-refractivity contribution in [3.63, 3.8) is 0 Å². The molecule has 0 unspecified atom stereocenters. The summed E-state index contributed by atoms with van der Waals surface area (Å²) in [7, 11) is 0. The van der Waals surface area contributed by atoms with Crippen molar-refractivity contribution in [3.05, 3.63) is 29.2 Å². The van der Waals surface area contributed by atoms with Crippen LogP contribution in [0.2, 0.25) is 0 Å². The van der Waals surface area contributed by atoms with Crippen LogP contribution in [0.3, 0.4) is 0 Å². The normalized spacial score (nSPS) is 22.9. The Hall–Kier alpha value is -2.62. The number of anilines is 1. The molecule has 1 amide bonds. The third-order valence-electron chi connectivity index (χ3n) is 7.67. The maximum atomic E-state index is 14.0. The number of hydrogen-bond acceptors (Lipinski definition) is 5. The lowest BCUT2D eigenvalue weighted by atomic mass is 9.85. The van der Waals surface area contributed by atoms with Gasteiger partial charge in [0.1, 0.15) is 11.3 Å². The first-order valence-electron chi connectivity index (χ1n) is 12.6. The van der Waals surface area contributed by atoms with Crippen molar-refractivity contribution in [2.75, 3.05) is 25.0 Å². The van der Waals surface area contributed by atoms with E-state index in [-0.39, 0.29) is 29.1 Å². The molecule has 3 aliphatic rings. The Kier molecular flexibility index (Phi) is 6.27. The minimum atomic E-state index is -4.61. The molecule has 0 spiro atoms. The van der Waals surface area contributed by atoms with Gasteiger partial charge in [0.05, 0.1) is 5.69 Å². The number of halogens is 3. The predicted molar refractivity (Wildman–Crippen MR) is 127 cm³/mol. The molecule has 1 saturated carbocycles. The molecule has 0 aromatic carbocycles. The summed E-state index contributed by atoms with van der Waals surface area (Å²) in [4.78, 5) is 26.4. The molecular weight excluding hydrogens is 457 g/mol. The first-order valence-corrected chi connectivity index (χ1v) is 12.6. The molecule has 2 fully saturated rings. The van der Waals surface area contributed by atoms with Crippen molar-refractivity contribution < 1.29 is 18.0 Å². The van der Waals surface area contributed by atoms with Gasteiger partial charge in [0.15, 0.2) is 0 Å². The van der Waals surface area contributed by atoms with Gasteiger partial charge in [0.2, 0.25) is 5.95 Å². The average Bonchev–Trinajstić information content (AvgIpc) is 3.12. The fraction of sp³-hybridized carbons (Fsp3) is 0.640. The van der Waals surface area contributed by atoms with Crippen molar-refractivity contribution in [2.24, 2.45) is 5.92 Å². The van der Waals surface area contributed by atoms with Crippen LogP contribution < -0.4 is 10.6 Å². The molecule has 0 bridgehead atoms. The minimum Gasteiger partial charge on any atom is -0.356 e. The zero-order valence-electron chi connectivity index (χ0n) is 20.3. The van der Waals surface area contributed by atoms with Gasteiger partial charge in [-0.25, -0.2) is 9.97 Å². The molecular formula is C25H33F3N6O. The molecule has 2 aromatic rings. The van der Waals surface area contributed by atoms with Gasteiger partial charge < -0.3 is 20.5 Å². The van der Waals surface area contributed by atoms with E-state index in [1.54, 1.807) is 0 Å². The molecule has 4 heterocycles. The highest BCUT2D eigenvalue weighted by Gasteiger charge is 2.38. The van der Waals surface area contributed by atoms with Crippen LogP contribution in [0.5, 0.6) is 0 Å². The van der Waals surface area contributed by atoms with Crippen LogP contribution in [0, 0.1) is 5.92 Å². The molecule has 3 N–H and O–H groups in total. The van der Waals surface area contributed by atoms with Crippen LogP contribution in [0.25, 0.3) is 11.3 Å². The predicted octanol–water partition coefficient (Wildman–Crippen LogP) is 4.62. The van der Waals surface area contributed by atoms with Gasteiger partial charge in [-0.2, -0.15) is 13.2 Å². The topological polar surface area (TPSA) is 85.9 Å². The maximum absolute atomic E-state index is 14.0. The van der Waals surface area contributed by atoms with Crippen molar-refractivity contribution in [1.82, 2.24) is 25.2 Å². The first kappa shape index (κ1) is 24.1. The Morgan fingerprint density at radius 1 is 1.23 bits per heavy atom. The molecule has 5 rings (SSSR count). The van der Waals surface area contributed by atoms with Gasteiger partial charge >= 0.3 is 6.18 Å². The number of carbonyl (C=O) groups is 1. The van der Waals surface area contributed by atoms with Crippen molar-refractivity contribution in [3.8, 4) is 11.3 Å². The van der Waals surface area contributed by atoms with E-state index in [1.165, 1.54) is 12.6 Å². The van der Waals surface area contributed by atoms with Crippen LogP contribution in [0.4, 0.5) is 19.1 Å². The number of fused-ring (bicyclic) bond motifs is 1. The highest BCUT2D eigenvalue weighted by Crippen LogP contribution is 2.39. The number of amides is 1. The van der Waals surface area contributed by atoms with E-state index in [1.807, 2.05) is 4.90 Å². The molecule has 2 aromatic heterocycles. The van der Waals surface area contributed by atoms with Crippen molar-refractivity contribution >= 4 is 11.9 Å². The Balaban J connectivity index is 1.45. The zero-order valence-corrected chi connectivity index (χ0v) is 20.3. The summed E-state index contributed by atoms with van der Waals surface area (Å²) in [5.41, 5.74) is 0.290. The van der Waals surface area contributed by atoms with E-state index >= 15 is 0 Å². The third-order valence-corrected chi connectivity index (χ3v) is 7.67. The number of rotatable bonds is 5. The number of nitrogens with zero attached hydrogens (tertiary/aromatic N) is 3. The van der Waals surface area contributed by atoms with E-state index in [9.17, 15) is 18.0 Å². The van der Waals surface area contributed by atoms with Gasteiger partial charge in [0, 0.05) is 49.2 Å². The monoisotopic (exact) mass is 490 g/mol. The van der Waals surface area contributed by atoms with Gasteiger partial charge in [0.25, 0.3) is 5.91 Å². The average molecular weight is 491 g/mol. The van der Waals surface area contributed by atoms with Gasteiger partial charge in [-0.3, -0.25) is 4.79 Å². The second-order valence-corrected chi connectivity index (χ2v) is 10.8.